The zero-order valence-electron chi connectivity index (χ0n) is 20.1. The molecule has 0 N–H and O–H groups in total. The van der Waals surface area contributed by atoms with Gasteiger partial charge in [0, 0.05) is 5.56 Å². The lowest BCUT2D eigenvalue weighted by Crippen LogP contribution is -2.21. The maximum atomic E-state index is 14.5. The molecule has 3 rings (SSSR count). The van der Waals surface area contributed by atoms with Gasteiger partial charge in [0.15, 0.2) is 0 Å². The molecule has 0 saturated heterocycles. The van der Waals surface area contributed by atoms with Gasteiger partial charge >= 0.3 is 5.97 Å². The normalized spacial score (nSPS) is 20.3. The van der Waals surface area contributed by atoms with Crippen molar-refractivity contribution in [1.82, 2.24) is 4.98 Å². The zero-order valence-corrected chi connectivity index (χ0v) is 20.1. The van der Waals surface area contributed by atoms with Gasteiger partial charge in [-0.25, -0.2) is 9.37 Å². The van der Waals surface area contributed by atoms with Gasteiger partial charge in [-0.3, -0.25) is 4.79 Å². The number of benzene rings is 1. The van der Waals surface area contributed by atoms with Crippen LogP contribution in [-0.4, -0.2) is 17.6 Å². The van der Waals surface area contributed by atoms with Gasteiger partial charge < -0.3 is 9.47 Å². The molecular weight excluding hydrogens is 417 g/mol. The van der Waals surface area contributed by atoms with E-state index in [1.165, 1.54) is 6.07 Å². The molecule has 4 nitrogen and oxygen atoms in total. The molecule has 1 aliphatic rings. The van der Waals surface area contributed by atoms with Gasteiger partial charge in [-0.2, -0.15) is 0 Å². The Bertz CT molecular complexity index is 1100. The summed E-state index contributed by atoms with van der Waals surface area (Å²) in [6.45, 7) is 14.1. The number of halogens is 1. The van der Waals surface area contributed by atoms with Crippen molar-refractivity contribution in [3.63, 3.8) is 0 Å². The first kappa shape index (κ1) is 24.4. The lowest BCUT2D eigenvalue weighted by Gasteiger charge is -2.15. The second-order valence-corrected chi connectivity index (χ2v) is 8.47. The van der Waals surface area contributed by atoms with Gasteiger partial charge in [0.25, 0.3) is 0 Å². The van der Waals surface area contributed by atoms with Crippen molar-refractivity contribution in [2.24, 2.45) is 11.8 Å². The number of nitrogens with zero attached hydrogens (tertiary/aromatic N) is 1. The Hall–Kier alpha value is -3.21. The maximum Gasteiger partial charge on any atom is 0.313 e. The standard InChI is InChI=1S/C28H32FNO3/c1-7-22-21(14-19(5)27(22)28(31)32-8-2)15-20(6)33-16-25-23(29)12-13-24(30-25)26-17(3)10-9-11-18(26)4/h7,9-13,15,19,27H,6,8,14,16H2,1-5H3/b21-15-,22-7+. The predicted molar refractivity (Wildman–Crippen MR) is 129 cm³/mol. The Morgan fingerprint density at radius 1 is 1.21 bits per heavy atom. The fourth-order valence-electron chi connectivity index (χ4n) is 4.53. The number of esters is 1. The molecule has 0 radical (unpaired) electrons. The summed E-state index contributed by atoms with van der Waals surface area (Å²) in [5, 5.41) is 0. The van der Waals surface area contributed by atoms with Crippen LogP contribution in [0.1, 0.15) is 44.0 Å². The summed E-state index contributed by atoms with van der Waals surface area (Å²) in [5.41, 5.74) is 6.04. The molecule has 2 atom stereocenters. The van der Waals surface area contributed by atoms with Crippen LogP contribution in [0.2, 0.25) is 0 Å². The van der Waals surface area contributed by atoms with E-state index in [9.17, 15) is 9.18 Å². The van der Waals surface area contributed by atoms with Crippen LogP contribution in [0.15, 0.2) is 66.0 Å². The molecule has 1 aromatic carbocycles. The number of hydrogen-bond acceptors (Lipinski definition) is 4. The smallest absolute Gasteiger partial charge is 0.313 e. The summed E-state index contributed by atoms with van der Waals surface area (Å²) in [7, 11) is 0. The summed E-state index contributed by atoms with van der Waals surface area (Å²) < 4.78 is 25.5. The zero-order chi connectivity index (χ0) is 24.1. The number of aromatic nitrogens is 1. The Kier molecular flexibility index (Phi) is 7.85. The van der Waals surface area contributed by atoms with Crippen LogP contribution in [0.4, 0.5) is 4.39 Å². The molecule has 2 aromatic rings. The molecule has 0 spiro atoms. The van der Waals surface area contributed by atoms with E-state index in [4.69, 9.17) is 9.47 Å². The van der Waals surface area contributed by atoms with Crippen molar-refractivity contribution < 1.29 is 18.7 Å². The lowest BCUT2D eigenvalue weighted by molar-refractivity contribution is -0.147. The summed E-state index contributed by atoms with van der Waals surface area (Å²) in [6.07, 6.45) is 4.50. The van der Waals surface area contributed by atoms with Crippen molar-refractivity contribution in [2.75, 3.05) is 6.61 Å². The van der Waals surface area contributed by atoms with Crippen molar-refractivity contribution >= 4 is 5.97 Å². The molecule has 33 heavy (non-hydrogen) atoms. The third-order valence-corrected chi connectivity index (χ3v) is 6.05. The molecule has 1 aromatic heterocycles. The Labute approximate surface area is 195 Å². The molecule has 1 aliphatic carbocycles. The maximum absolute atomic E-state index is 14.5. The highest BCUT2D eigenvalue weighted by Crippen LogP contribution is 2.42. The van der Waals surface area contributed by atoms with E-state index >= 15 is 0 Å². The van der Waals surface area contributed by atoms with Gasteiger partial charge in [0.05, 0.1) is 18.2 Å². The van der Waals surface area contributed by atoms with E-state index < -0.39 is 5.82 Å². The third kappa shape index (κ3) is 5.41. The summed E-state index contributed by atoms with van der Waals surface area (Å²) >= 11 is 0. The third-order valence-electron chi connectivity index (χ3n) is 6.05. The van der Waals surface area contributed by atoms with E-state index in [1.54, 1.807) is 6.07 Å². The first-order valence-corrected chi connectivity index (χ1v) is 11.3. The minimum absolute atomic E-state index is 0.0325. The van der Waals surface area contributed by atoms with Crippen LogP contribution in [0, 0.1) is 31.5 Å². The predicted octanol–water partition coefficient (Wildman–Crippen LogP) is 6.63. The van der Waals surface area contributed by atoms with Gasteiger partial charge in [-0.05, 0) is 80.5 Å². The SMILES string of the molecule is C=C(/C=C1/CC(C)C(C(=O)OCC)/C1=C/C)OCc1nc(-c2c(C)cccc2C)ccc1F. The van der Waals surface area contributed by atoms with E-state index in [2.05, 4.69) is 11.6 Å². The van der Waals surface area contributed by atoms with Gasteiger partial charge in [0.2, 0.25) is 0 Å². The number of pyridine rings is 1. The van der Waals surface area contributed by atoms with Gasteiger partial charge in [0.1, 0.15) is 23.9 Å². The van der Waals surface area contributed by atoms with Crippen molar-refractivity contribution in [2.45, 2.75) is 47.6 Å². The topological polar surface area (TPSA) is 48.4 Å². The van der Waals surface area contributed by atoms with Crippen molar-refractivity contribution in [3.8, 4) is 11.3 Å². The number of rotatable bonds is 7. The molecule has 2 unspecified atom stereocenters. The number of ether oxygens (including phenoxy) is 2. The fourth-order valence-corrected chi connectivity index (χ4v) is 4.53. The molecule has 0 amide bonds. The second-order valence-electron chi connectivity index (χ2n) is 8.47. The van der Waals surface area contributed by atoms with E-state index in [0.717, 1.165) is 34.3 Å². The average molecular weight is 450 g/mol. The molecule has 1 saturated carbocycles. The quantitative estimate of drug-likeness (QED) is 0.352. The molecular formula is C28H32FNO3. The Balaban J connectivity index is 1.76. The molecule has 1 heterocycles. The molecule has 5 heteroatoms. The Morgan fingerprint density at radius 3 is 2.55 bits per heavy atom. The highest BCUT2D eigenvalue weighted by atomic mass is 19.1. The molecule has 0 bridgehead atoms. The summed E-state index contributed by atoms with van der Waals surface area (Å²) in [6, 6.07) is 9.15. The fraction of sp³-hybridized carbons (Fsp3) is 0.357. The number of carbonyl (C=O) groups is 1. The average Bonchev–Trinajstić information content (AvgIpc) is 3.08. The highest BCUT2D eigenvalue weighted by Gasteiger charge is 2.38. The van der Waals surface area contributed by atoms with E-state index in [0.29, 0.717) is 18.1 Å². The molecule has 0 aliphatic heterocycles. The molecule has 1 fully saturated rings. The first-order valence-electron chi connectivity index (χ1n) is 11.3. The van der Waals surface area contributed by atoms with Crippen LogP contribution in [0.5, 0.6) is 0 Å². The van der Waals surface area contributed by atoms with Crippen LogP contribution < -0.4 is 0 Å². The number of carbonyl (C=O) groups excluding carboxylic acids is 1. The van der Waals surface area contributed by atoms with Crippen LogP contribution in [-0.2, 0) is 20.9 Å². The number of aryl methyl sites for hydroxylation is 2. The van der Waals surface area contributed by atoms with Gasteiger partial charge in [-0.15, -0.1) is 0 Å². The van der Waals surface area contributed by atoms with Crippen LogP contribution >= 0.6 is 0 Å². The summed E-state index contributed by atoms with van der Waals surface area (Å²) in [5.74, 6) is -0.386. The van der Waals surface area contributed by atoms with Crippen LogP contribution in [0.3, 0.4) is 0 Å². The number of allylic oxidation sites excluding steroid dienone is 3. The number of hydrogen-bond donors (Lipinski definition) is 0. The van der Waals surface area contributed by atoms with Crippen LogP contribution in [0.25, 0.3) is 11.3 Å². The molecule has 174 valence electrons. The largest absolute Gasteiger partial charge is 0.488 e. The second kappa shape index (κ2) is 10.6. The minimum atomic E-state index is -0.420. The monoisotopic (exact) mass is 449 g/mol. The summed E-state index contributed by atoms with van der Waals surface area (Å²) in [4.78, 5) is 16.9. The van der Waals surface area contributed by atoms with Gasteiger partial charge in [-0.1, -0.05) is 37.8 Å². The van der Waals surface area contributed by atoms with E-state index in [1.807, 2.05) is 65.0 Å². The van der Waals surface area contributed by atoms with Crippen molar-refractivity contribution in [3.05, 3.63) is 88.6 Å². The minimum Gasteiger partial charge on any atom is -0.488 e. The highest BCUT2D eigenvalue weighted by molar-refractivity contribution is 5.79. The Morgan fingerprint density at radius 2 is 1.91 bits per heavy atom. The first-order chi connectivity index (χ1) is 15.8. The van der Waals surface area contributed by atoms with Crippen molar-refractivity contribution in [1.29, 1.82) is 0 Å². The van der Waals surface area contributed by atoms with E-state index in [-0.39, 0.29) is 30.1 Å². The lowest BCUT2D eigenvalue weighted by atomic mass is 9.94.